The lowest BCUT2D eigenvalue weighted by Crippen LogP contribution is -2.07. The molecule has 38 heavy (non-hydrogen) atoms. The molecule has 0 fully saturated rings. The van der Waals surface area contributed by atoms with Crippen LogP contribution >= 0.6 is 0 Å². The lowest BCUT2D eigenvalue weighted by molar-refractivity contribution is 0.526. The molecular weight excluding hydrogens is 460 g/mol. The van der Waals surface area contributed by atoms with E-state index in [1.54, 1.807) is 0 Å². The molecule has 0 radical (unpaired) electrons. The molecule has 0 heterocycles. The van der Waals surface area contributed by atoms with Crippen molar-refractivity contribution >= 4 is 6.21 Å². The number of hydrogen-bond donors (Lipinski definition) is 1. The van der Waals surface area contributed by atoms with Crippen LogP contribution in [0, 0.1) is 0 Å². The summed E-state index contributed by atoms with van der Waals surface area (Å²) in [7, 11) is 0. The molecule has 0 aliphatic heterocycles. The van der Waals surface area contributed by atoms with Crippen molar-refractivity contribution in [3.8, 4) is 0 Å². The third kappa shape index (κ3) is 35.5. The average molecular weight is 535 g/mol. The quantitative estimate of drug-likeness (QED) is 0.0495. The molecular formula is C36H74N2. The summed E-state index contributed by atoms with van der Waals surface area (Å²) in [4.78, 5) is 0. The van der Waals surface area contributed by atoms with Gasteiger partial charge in [-0.3, -0.25) is 0 Å². The Hall–Kier alpha value is -0.530. The van der Waals surface area contributed by atoms with Gasteiger partial charge in [0, 0.05) is 12.8 Å². The van der Waals surface area contributed by atoms with Crippen molar-refractivity contribution in [3.63, 3.8) is 0 Å². The van der Waals surface area contributed by atoms with Crippen LogP contribution in [0.2, 0.25) is 0 Å². The van der Waals surface area contributed by atoms with Crippen molar-refractivity contribution in [2.75, 3.05) is 6.54 Å². The van der Waals surface area contributed by atoms with Crippen LogP contribution in [-0.2, 0) is 0 Å². The first-order valence-electron chi connectivity index (χ1n) is 18.2. The molecule has 0 spiro atoms. The van der Waals surface area contributed by atoms with Crippen LogP contribution in [-0.4, -0.2) is 12.8 Å². The summed E-state index contributed by atoms with van der Waals surface area (Å²) in [5, 5.41) is 4.41. The second kappa shape index (κ2) is 36.5. The molecule has 0 aliphatic rings. The topological polar surface area (TPSA) is 24.4 Å². The SMILES string of the molecule is CCCCCCCCCCCCCCCCC/C=N/NCCCCCCCCCCCCCCCCCC. The average Bonchev–Trinajstić information content (AvgIpc) is 2.93. The Kier molecular flexibility index (Phi) is 36.0. The second-order valence-electron chi connectivity index (χ2n) is 12.3. The van der Waals surface area contributed by atoms with E-state index in [9.17, 15) is 0 Å². The van der Waals surface area contributed by atoms with Crippen molar-refractivity contribution in [1.82, 2.24) is 5.43 Å². The Labute approximate surface area is 242 Å². The van der Waals surface area contributed by atoms with Crippen molar-refractivity contribution < 1.29 is 0 Å². The molecule has 0 bridgehead atoms. The zero-order valence-electron chi connectivity index (χ0n) is 26.9. The predicted molar refractivity (Wildman–Crippen MR) is 176 cm³/mol. The summed E-state index contributed by atoms with van der Waals surface area (Å²) in [6, 6.07) is 0. The van der Waals surface area contributed by atoms with Gasteiger partial charge in [-0.15, -0.1) is 0 Å². The van der Waals surface area contributed by atoms with Crippen LogP contribution < -0.4 is 5.43 Å². The molecule has 0 atom stereocenters. The predicted octanol–water partition coefficient (Wildman–Crippen LogP) is 13.1. The maximum absolute atomic E-state index is 4.41. The van der Waals surface area contributed by atoms with Crippen LogP contribution in [0.15, 0.2) is 5.10 Å². The Balaban J connectivity index is 3.07. The molecule has 0 saturated heterocycles. The molecule has 1 N–H and O–H groups in total. The van der Waals surface area contributed by atoms with Gasteiger partial charge in [0.2, 0.25) is 0 Å². The lowest BCUT2D eigenvalue weighted by atomic mass is 10.0. The van der Waals surface area contributed by atoms with Crippen LogP contribution in [0.3, 0.4) is 0 Å². The van der Waals surface area contributed by atoms with E-state index in [0.29, 0.717) is 0 Å². The minimum Gasteiger partial charge on any atom is -0.310 e. The number of hydrogen-bond acceptors (Lipinski definition) is 2. The molecule has 2 nitrogen and oxygen atoms in total. The van der Waals surface area contributed by atoms with Gasteiger partial charge < -0.3 is 5.43 Å². The van der Waals surface area contributed by atoms with Gasteiger partial charge in [-0.1, -0.05) is 200 Å². The smallest absolute Gasteiger partial charge is 0.0329 e. The maximum atomic E-state index is 4.41. The normalized spacial score (nSPS) is 11.6. The molecule has 0 aromatic rings. The van der Waals surface area contributed by atoms with Gasteiger partial charge in [-0.2, -0.15) is 5.10 Å². The minimum absolute atomic E-state index is 1.05. The molecule has 2 heteroatoms. The van der Waals surface area contributed by atoms with Gasteiger partial charge in [-0.25, -0.2) is 0 Å². The molecule has 228 valence electrons. The lowest BCUT2D eigenvalue weighted by Gasteiger charge is -2.04. The van der Waals surface area contributed by atoms with Crippen molar-refractivity contribution in [1.29, 1.82) is 0 Å². The van der Waals surface area contributed by atoms with Gasteiger partial charge in [0.05, 0.1) is 0 Å². The zero-order chi connectivity index (χ0) is 27.5. The van der Waals surface area contributed by atoms with E-state index in [0.717, 1.165) is 13.0 Å². The van der Waals surface area contributed by atoms with Crippen LogP contribution in [0.4, 0.5) is 0 Å². The Morgan fingerprint density at radius 2 is 0.605 bits per heavy atom. The van der Waals surface area contributed by atoms with E-state index in [-0.39, 0.29) is 0 Å². The zero-order valence-corrected chi connectivity index (χ0v) is 26.9. The summed E-state index contributed by atoms with van der Waals surface area (Å²) in [6.07, 6.45) is 47.7. The first-order valence-corrected chi connectivity index (χ1v) is 18.2. The minimum atomic E-state index is 1.05. The molecule has 0 aromatic heterocycles. The van der Waals surface area contributed by atoms with E-state index in [1.807, 2.05) is 0 Å². The molecule has 0 amide bonds. The summed E-state index contributed by atoms with van der Waals surface area (Å²) in [5.41, 5.74) is 3.26. The van der Waals surface area contributed by atoms with Crippen LogP contribution in [0.5, 0.6) is 0 Å². The molecule has 0 unspecified atom stereocenters. The summed E-state index contributed by atoms with van der Waals surface area (Å²) < 4.78 is 0. The highest BCUT2D eigenvalue weighted by atomic mass is 15.3. The van der Waals surface area contributed by atoms with Crippen molar-refractivity contribution in [2.24, 2.45) is 5.10 Å². The molecule has 0 aromatic carbocycles. The van der Waals surface area contributed by atoms with E-state index in [2.05, 4.69) is 30.6 Å². The van der Waals surface area contributed by atoms with Gasteiger partial charge in [0.1, 0.15) is 0 Å². The largest absolute Gasteiger partial charge is 0.310 e. The highest BCUT2D eigenvalue weighted by molar-refractivity contribution is 5.56. The number of nitrogens with one attached hydrogen (secondary N) is 1. The van der Waals surface area contributed by atoms with Gasteiger partial charge in [-0.05, 0) is 19.3 Å². The van der Waals surface area contributed by atoms with E-state index in [4.69, 9.17) is 0 Å². The third-order valence-corrected chi connectivity index (χ3v) is 8.26. The second-order valence-corrected chi connectivity index (χ2v) is 12.3. The first-order chi connectivity index (χ1) is 18.9. The fourth-order valence-electron chi connectivity index (χ4n) is 5.55. The Morgan fingerprint density at radius 1 is 0.342 bits per heavy atom. The molecule has 0 saturated carbocycles. The summed E-state index contributed by atoms with van der Waals surface area (Å²) >= 11 is 0. The number of nitrogens with zero attached hydrogens (tertiary/aromatic N) is 1. The van der Waals surface area contributed by atoms with Gasteiger partial charge in [0.25, 0.3) is 0 Å². The third-order valence-electron chi connectivity index (χ3n) is 8.26. The van der Waals surface area contributed by atoms with Crippen molar-refractivity contribution in [2.45, 2.75) is 219 Å². The van der Waals surface area contributed by atoms with Crippen molar-refractivity contribution in [3.05, 3.63) is 0 Å². The van der Waals surface area contributed by atoms with Gasteiger partial charge >= 0.3 is 0 Å². The number of rotatable bonds is 34. The monoisotopic (exact) mass is 535 g/mol. The fraction of sp³-hybridized carbons (Fsp3) is 0.972. The summed E-state index contributed by atoms with van der Waals surface area (Å²) in [6.45, 7) is 5.65. The molecule has 0 aliphatic carbocycles. The van der Waals surface area contributed by atoms with Crippen LogP contribution in [0.1, 0.15) is 219 Å². The Morgan fingerprint density at radius 3 is 0.921 bits per heavy atom. The van der Waals surface area contributed by atoms with Crippen LogP contribution in [0.25, 0.3) is 0 Å². The highest BCUT2D eigenvalue weighted by Gasteiger charge is 1.96. The Bertz CT molecular complexity index is 420. The fourth-order valence-corrected chi connectivity index (χ4v) is 5.55. The number of hydrazone groups is 1. The number of unbranched alkanes of at least 4 members (excludes halogenated alkanes) is 30. The molecule has 0 rings (SSSR count). The van der Waals surface area contributed by atoms with E-state index in [1.165, 1.54) is 199 Å². The standard InChI is InChI=1S/C36H74N2/c1-3-5-7-9-11-13-15-17-19-21-23-25-27-29-31-33-35-37-38-36-34-32-30-28-26-24-22-20-18-16-14-12-10-8-6-4-2/h35,38H,3-34,36H2,1-2H3/b37-35+. The first kappa shape index (κ1) is 37.5. The summed E-state index contributed by atoms with van der Waals surface area (Å²) in [5.74, 6) is 0. The highest BCUT2D eigenvalue weighted by Crippen LogP contribution is 2.15. The van der Waals surface area contributed by atoms with E-state index >= 15 is 0 Å². The van der Waals surface area contributed by atoms with Gasteiger partial charge in [0.15, 0.2) is 0 Å². The maximum Gasteiger partial charge on any atom is 0.0329 e. The van der Waals surface area contributed by atoms with E-state index < -0.39 is 0 Å².